The van der Waals surface area contributed by atoms with E-state index in [9.17, 15) is 0 Å². The van der Waals surface area contributed by atoms with E-state index in [0.717, 1.165) is 30.0 Å². The van der Waals surface area contributed by atoms with Gasteiger partial charge in [0.25, 0.3) is 0 Å². The van der Waals surface area contributed by atoms with Gasteiger partial charge in [0.05, 0.1) is 24.9 Å². The highest BCUT2D eigenvalue weighted by atomic mass is 16.5. The van der Waals surface area contributed by atoms with Crippen LogP contribution in [0.25, 0.3) is 5.65 Å². The number of rotatable bonds is 2. The Morgan fingerprint density at radius 1 is 1.24 bits per heavy atom. The molecule has 0 aromatic carbocycles. The molecule has 0 fully saturated rings. The Hall–Kier alpha value is -2.84. The van der Waals surface area contributed by atoms with E-state index in [1.165, 1.54) is 4.63 Å². The summed E-state index contributed by atoms with van der Waals surface area (Å²) in [4.78, 5) is 10.6. The SMILES string of the molecule is COc1ncnc2c1CN(c1ccc3nnnn3n1)CC2. The second-order valence-electron chi connectivity index (χ2n) is 4.70. The fourth-order valence-corrected chi connectivity index (χ4v) is 2.50. The van der Waals surface area contributed by atoms with Crippen molar-refractivity contribution in [1.29, 1.82) is 0 Å². The van der Waals surface area contributed by atoms with Gasteiger partial charge in [-0.2, -0.15) is 0 Å². The fourth-order valence-electron chi connectivity index (χ4n) is 2.50. The van der Waals surface area contributed by atoms with Crippen LogP contribution in [0.4, 0.5) is 5.82 Å². The topological polar surface area (TPSA) is 94.2 Å². The van der Waals surface area contributed by atoms with Gasteiger partial charge in [-0.25, -0.2) is 9.97 Å². The third kappa shape index (κ3) is 1.93. The van der Waals surface area contributed by atoms with Crippen LogP contribution in [-0.4, -0.2) is 48.9 Å². The molecule has 0 unspecified atom stereocenters. The normalized spacial score (nSPS) is 14.2. The number of ether oxygens (including phenoxy) is 1. The maximum absolute atomic E-state index is 5.32. The quantitative estimate of drug-likeness (QED) is 0.643. The maximum Gasteiger partial charge on any atom is 0.221 e. The van der Waals surface area contributed by atoms with Crippen molar-refractivity contribution in [2.75, 3.05) is 18.6 Å². The zero-order valence-corrected chi connectivity index (χ0v) is 11.3. The molecule has 21 heavy (non-hydrogen) atoms. The molecule has 1 aliphatic heterocycles. The maximum atomic E-state index is 5.32. The first-order chi connectivity index (χ1) is 10.3. The summed E-state index contributed by atoms with van der Waals surface area (Å²) >= 11 is 0. The number of anilines is 1. The molecule has 3 aromatic heterocycles. The molecule has 0 amide bonds. The van der Waals surface area contributed by atoms with Gasteiger partial charge in [-0.15, -0.1) is 14.8 Å². The standard InChI is InChI=1S/C12H12N8O/c1-21-12-8-6-19(5-4-9(8)13-7-14-12)11-3-2-10-15-17-18-20(10)16-11/h2-3,7H,4-6H2,1H3. The number of aromatic nitrogens is 7. The van der Waals surface area contributed by atoms with Gasteiger partial charge in [0.15, 0.2) is 11.5 Å². The van der Waals surface area contributed by atoms with Gasteiger partial charge in [-0.1, -0.05) is 0 Å². The van der Waals surface area contributed by atoms with Crippen molar-refractivity contribution in [3.8, 4) is 5.88 Å². The smallest absolute Gasteiger partial charge is 0.221 e. The average molecular weight is 284 g/mol. The first-order valence-corrected chi connectivity index (χ1v) is 6.52. The van der Waals surface area contributed by atoms with Crippen molar-refractivity contribution in [2.45, 2.75) is 13.0 Å². The minimum atomic E-state index is 0.619. The lowest BCUT2D eigenvalue weighted by molar-refractivity contribution is 0.387. The highest BCUT2D eigenvalue weighted by molar-refractivity contribution is 5.47. The summed E-state index contributed by atoms with van der Waals surface area (Å²) in [5.41, 5.74) is 2.66. The van der Waals surface area contributed by atoms with Crippen molar-refractivity contribution < 1.29 is 4.74 Å². The van der Waals surface area contributed by atoms with Crippen LogP contribution >= 0.6 is 0 Å². The highest BCUT2D eigenvalue weighted by Gasteiger charge is 2.23. The molecule has 106 valence electrons. The van der Waals surface area contributed by atoms with Gasteiger partial charge in [-0.05, 0) is 22.6 Å². The first kappa shape index (κ1) is 11.9. The Morgan fingerprint density at radius 2 is 2.19 bits per heavy atom. The molecule has 4 rings (SSSR count). The number of nitrogens with zero attached hydrogens (tertiary/aromatic N) is 8. The second-order valence-corrected chi connectivity index (χ2v) is 4.70. The van der Waals surface area contributed by atoms with Crippen molar-refractivity contribution in [1.82, 2.24) is 35.2 Å². The van der Waals surface area contributed by atoms with E-state index < -0.39 is 0 Å². The zero-order valence-electron chi connectivity index (χ0n) is 11.3. The van der Waals surface area contributed by atoms with E-state index in [4.69, 9.17) is 4.74 Å². The molecule has 0 N–H and O–H groups in total. The van der Waals surface area contributed by atoms with Crippen LogP contribution in [-0.2, 0) is 13.0 Å². The summed E-state index contributed by atoms with van der Waals surface area (Å²) < 4.78 is 6.74. The molecule has 1 aliphatic rings. The lowest BCUT2D eigenvalue weighted by Crippen LogP contribution is -2.32. The van der Waals surface area contributed by atoms with Gasteiger partial charge in [-0.3, -0.25) is 0 Å². The number of methoxy groups -OCH3 is 1. The summed E-state index contributed by atoms with van der Waals surface area (Å²) in [6, 6.07) is 3.75. The molecule has 0 bridgehead atoms. The number of hydrogen-bond acceptors (Lipinski definition) is 8. The lowest BCUT2D eigenvalue weighted by atomic mass is 10.1. The second kappa shape index (κ2) is 4.62. The largest absolute Gasteiger partial charge is 0.481 e. The van der Waals surface area contributed by atoms with Crippen molar-refractivity contribution in [3.05, 3.63) is 29.7 Å². The van der Waals surface area contributed by atoms with Gasteiger partial charge in [0.1, 0.15) is 6.33 Å². The van der Waals surface area contributed by atoms with Gasteiger partial charge in [0, 0.05) is 13.0 Å². The molecule has 3 aromatic rings. The molecular formula is C12H12N8O. The summed E-state index contributed by atoms with van der Waals surface area (Å²) in [5, 5.41) is 15.7. The Labute approximate surface area is 119 Å². The van der Waals surface area contributed by atoms with Crippen LogP contribution in [0, 0.1) is 0 Å². The molecule has 4 heterocycles. The molecule has 0 radical (unpaired) electrons. The van der Waals surface area contributed by atoms with E-state index in [1.54, 1.807) is 13.4 Å². The molecule has 0 saturated heterocycles. The lowest BCUT2D eigenvalue weighted by Gasteiger charge is -2.29. The van der Waals surface area contributed by atoms with Crippen LogP contribution < -0.4 is 9.64 Å². The van der Waals surface area contributed by atoms with E-state index in [0.29, 0.717) is 18.1 Å². The molecule has 0 spiro atoms. The van der Waals surface area contributed by atoms with Crippen molar-refractivity contribution >= 4 is 11.5 Å². The minimum absolute atomic E-state index is 0.619. The van der Waals surface area contributed by atoms with E-state index in [1.807, 2.05) is 12.1 Å². The van der Waals surface area contributed by atoms with Gasteiger partial charge in [0.2, 0.25) is 5.88 Å². The van der Waals surface area contributed by atoms with Crippen LogP contribution in [0.2, 0.25) is 0 Å². The number of fused-ring (bicyclic) bond motifs is 2. The summed E-state index contributed by atoms with van der Waals surface area (Å²) in [7, 11) is 1.62. The molecule has 0 atom stereocenters. The predicted molar refractivity (Wildman–Crippen MR) is 71.9 cm³/mol. The predicted octanol–water partition coefficient (Wildman–Crippen LogP) is -0.119. The fraction of sp³-hybridized carbons (Fsp3) is 0.333. The molecular weight excluding hydrogens is 272 g/mol. The van der Waals surface area contributed by atoms with E-state index in [-0.39, 0.29) is 0 Å². The Balaban J connectivity index is 1.71. The third-order valence-electron chi connectivity index (χ3n) is 3.54. The zero-order chi connectivity index (χ0) is 14.2. The highest BCUT2D eigenvalue weighted by Crippen LogP contribution is 2.26. The Morgan fingerprint density at radius 3 is 3.10 bits per heavy atom. The van der Waals surface area contributed by atoms with Gasteiger partial charge >= 0.3 is 0 Å². The van der Waals surface area contributed by atoms with Crippen LogP contribution in [0.3, 0.4) is 0 Å². The Bertz CT molecular complexity index is 787. The summed E-state index contributed by atoms with van der Waals surface area (Å²) in [6.07, 6.45) is 2.36. The molecule has 0 aliphatic carbocycles. The molecule has 9 heteroatoms. The Kier molecular flexibility index (Phi) is 2.62. The molecule has 9 nitrogen and oxygen atoms in total. The van der Waals surface area contributed by atoms with E-state index >= 15 is 0 Å². The first-order valence-electron chi connectivity index (χ1n) is 6.52. The monoisotopic (exact) mass is 284 g/mol. The third-order valence-corrected chi connectivity index (χ3v) is 3.54. The van der Waals surface area contributed by atoms with Crippen molar-refractivity contribution in [2.24, 2.45) is 0 Å². The summed E-state index contributed by atoms with van der Waals surface area (Å²) in [5.74, 6) is 1.43. The van der Waals surface area contributed by atoms with Crippen LogP contribution in [0.5, 0.6) is 5.88 Å². The van der Waals surface area contributed by atoms with Crippen molar-refractivity contribution in [3.63, 3.8) is 0 Å². The van der Waals surface area contributed by atoms with Crippen LogP contribution in [0.1, 0.15) is 11.3 Å². The van der Waals surface area contributed by atoms with Crippen LogP contribution in [0.15, 0.2) is 18.5 Å². The van der Waals surface area contributed by atoms with Gasteiger partial charge < -0.3 is 9.64 Å². The average Bonchev–Trinajstić information content (AvgIpc) is 3.01. The number of tetrazole rings is 1. The minimum Gasteiger partial charge on any atom is -0.481 e. The molecule has 0 saturated carbocycles. The summed E-state index contributed by atoms with van der Waals surface area (Å²) in [6.45, 7) is 1.48. The number of hydrogen-bond donors (Lipinski definition) is 0. The van der Waals surface area contributed by atoms with E-state index in [2.05, 4.69) is 35.5 Å².